The standard InChI is InChI=1S/C14H14ClFN4/c1-3-6-17-14-18-9(2)7-13(20-14)19-10-4-5-12(16)11(15)8-10/h3-5,7-8H,1,6H2,2H3,(H2,17,18,19,20). The molecule has 2 N–H and O–H groups in total. The molecule has 104 valence electrons. The Morgan fingerprint density at radius 1 is 1.35 bits per heavy atom. The highest BCUT2D eigenvalue weighted by molar-refractivity contribution is 6.31. The van der Waals surface area contributed by atoms with Crippen molar-refractivity contribution in [1.82, 2.24) is 9.97 Å². The Bertz CT molecular complexity index is 631. The van der Waals surface area contributed by atoms with Crippen LogP contribution < -0.4 is 10.6 Å². The first kappa shape index (κ1) is 14.3. The van der Waals surface area contributed by atoms with Crippen LogP contribution in [-0.2, 0) is 0 Å². The number of anilines is 3. The van der Waals surface area contributed by atoms with Crippen LogP contribution >= 0.6 is 11.6 Å². The summed E-state index contributed by atoms with van der Waals surface area (Å²) in [7, 11) is 0. The smallest absolute Gasteiger partial charge is 0.225 e. The van der Waals surface area contributed by atoms with E-state index < -0.39 is 5.82 Å². The van der Waals surface area contributed by atoms with E-state index in [1.165, 1.54) is 12.1 Å². The van der Waals surface area contributed by atoms with Crippen molar-refractivity contribution in [1.29, 1.82) is 0 Å². The summed E-state index contributed by atoms with van der Waals surface area (Å²) in [6, 6.07) is 6.19. The Morgan fingerprint density at radius 2 is 2.15 bits per heavy atom. The molecule has 2 rings (SSSR count). The molecule has 1 aromatic carbocycles. The zero-order chi connectivity index (χ0) is 14.5. The minimum absolute atomic E-state index is 0.0609. The fourth-order valence-corrected chi connectivity index (χ4v) is 1.78. The van der Waals surface area contributed by atoms with Gasteiger partial charge in [-0.2, -0.15) is 4.98 Å². The first-order valence-electron chi connectivity index (χ1n) is 6.01. The van der Waals surface area contributed by atoms with Gasteiger partial charge in [0.05, 0.1) is 5.02 Å². The second-order valence-corrected chi connectivity index (χ2v) is 4.55. The number of nitrogens with one attached hydrogen (secondary N) is 2. The summed E-state index contributed by atoms with van der Waals surface area (Å²) in [4.78, 5) is 8.55. The molecule has 1 heterocycles. The van der Waals surface area contributed by atoms with Crippen LogP contribution in [0.3, 0.4) is 0 Å². The van der Waals surface area contributed by atoms with Crippen LogP contribution in [0.15, 0.2) is 36.9 Å². The lowest BCUT2D eigenvalue weighted by atomic mass is 10.3. The predicted molar refractivity (Wildman–Crippen MR) is 80.1 cm³/mol. The highest BCUT2D eigenvalue weighted by atomic mass is 35.5. The minimum atomic E-state index is -0.454. The molecule has 0 amide bonds. The van der Waals surface area contributed by atoms with Gasteiger partial charge in [0.25, 0.3) is 0 Å². The van der Waals surface area contributed by atoms with E-state index in [1.807, 2.05) is 6.92 Å². The molecule has 0 radical (unpaired) electrons. The summed E-state index contributed by atoms with van der Waals surface area (Å²) >= 11 is 5.74. The Morgan fingerprint density at radius 3 is 2.85 bits per heavy atom. The van der Waals surface area contributed by atoms with E-state index in [9.17, 15) is 4.39 Å². The van der Waals surface area contributed by atoms with Crippen molar-refractivity contribution in [3.8, 4) is 0 Å². The number of benzene rings is 1. The number of halogens is 2. The van der Waals surface area contributed by atoms with Gasteiger partial charge in [0.15, 0.2) is 0 Å². The Hall–Kier alpha value is -2.14. The Labute approximate surface area is 121 Å². The first-order valence-corrected chi connectivity index (χ1v) is 6.39. The topological polar surface area (TPSA) is 49.8 Å². The van der Waals surface area contributed by atoms with Crippen molar-refractivity contribution >= 4 is 29.1 Å². The van der Waals surface area contributed by atoms with Crippen molar-refractivity contribution in [3.63, 3.8) is 0 Å². The second-order valence-electron chi connectivity index (χ2n) is 4.14. The molecular weight excluding hydrogens is 279 g/mol. The summed E-state index contributed by atoms with van der Waals surface area (Å²) in [6.07, 6.45) is 1.72. The van der Waals surface area contributed by atoms with Gasteiger partial charge in [0.1, 0.15) is 11.6 Å². The van der Waals surface area contributed by atoms with Gasteiger partial charge in [-0.25, -0.2) is 9.37 Å². The van der Waals surface area contributed by atoms with Gasteiger partial charge in [0.2, 0.25) is 5.95 Å². The fourth-order valence-electron chi connectivity index (χ4n) is 1.60. The number of nitrogens with zero attached hydrogens (tertiary/aromatic N) is 2. The van der Waals surface area contributed by atoms with Gasteiger partial charge in [-0.1, -0.05) is 17.7 Å². The van der Waals surface area contributed by atoms with Crippen molar-refractivity contribution in [2.45, 2.75) is 6.92 Å². The summed E-state index contributed by atoms with van der Waals surface area (Å²) in [6.45, 7) is 6.06. The van der Waals surface area contributed by atoms with E-state index in [4.69, 9.17) is 11.6 Å². The summed E-state index contributed by atoms with van der Waals surface area (Å²) in [5, 5.41) is 6.14. The van der Waals surface area contributed by atoms with Gasteiger partial charge >= 0.3 is 0 Å². The van der Waals surface area contributed by atoms with Crippen molar-refractivity contribution < 1.29 is 4.39 Å². The lowest BCUT2D eigenvalue weighted by molar-refractivity contribution is 0.628. The zero-order valence-corrected chi connectivity index (χ0v) is 11.7. The summed E-state index contributed by atoms with van der Waals surface area (Å²) in [5.41, 5.74) is 1.46. The predicted octanol–water partition coefficient (Wildman–Crippen LogP) is 3.92. The maximum absolute atomic E-state index is 13.1. The Kier molecular flexibility index (Phi) is 4.53. The molecule has 4 nitrogen and oxygen atoms in total. The zero-order valence-electron chi connectivity index (χ0n) is 11.0. The third-order valence-electron chi connectivity index (χ3n) is 2.45. The highest BCUT2D eigenvalue weighted by Crippen LogP contribution is 2.22. The van der Waals surface area contributed by atoms with Crippen molar-refractivity contribution in [2.24, 2.45) is 0 Å². The van der Waals surface area contributed by atoms with Gasteiger partial charge in [-0.3, -0.25) is 0 Å². The quantitative estimate of drug-likeness (QED) is 0.820. The third-order valence-corrected chi connectivity index (χ3v) is 2.74. The molecule has 6 heteroatoms. The average molecular weight is 293 g/mol. The molecular formula is C14H14ClFN4. The molecule has 0 aliphatic rings. The molecule has 2 aromatic rings. The van der Waals surface area contributed by atoms with Crippen LogP contribution in [0, 0.1) is 12.7 Å². The first-order chi connectivity index (χ1) is 9.58. The van der Waals surface area contributed by atoms with Crippen LogP contribution in [0.2, 0.25) is 5.02 Å². The van der Waals surface area contributed by atoms with Crippen LogP contribution in [0.5, 0.6) is 0 Å². The normalized spacial score (nSPS) is 10.2. The van der Waals surface area contributed by atoms with E-state index in [1.54, 1.807) is 18.2 Å². The number of rotatable bonds is 5. The average Bonchev–Trinajstić information content (AvgIpc) is 2.40. The molecule has 0 atom stereocenters. The molecule has 0 bridgehead atoms. The monoisotopic (exact) mass is 292 g/mol. The number of aryl methyl sites for hydroxylation is 1. The maximum Gasteiger partial charge on any atom is 0.225 e. The third kappa shape index (κ3) is 3.68. The summed E-state index contributed by atoms with van der Waals surface area (Å²) in [5.74, 6) is 0.650. The van der Waals surface area contributed by atoms with Gasteiger partial charge in [0, 0.05) is 24.0 Å². The maximum atomic E-state index is 13.1. The van der Waals surface area contributed by atoms with Crippen LogP contribution in [0.1, 0.15) is 5.69 Å². The van der Waals surface area contributed by atoms with E-state index in [-0.39, 0.29) is 5.02 Å². The minimum Gasteiger partial charge on any atom is -0.351 e. The molecule has 0 fully saturated rings. The van der Waals surface area contributed by atoms with E-state index >= 15 is 0 Å². The molecule has 0 spiro atoms. The van der Waals surface area contributed by atoms with E-state index in [0.717, 1.165) is 5.69 Å². The molecule has 0 aliphatic carbocycles. The second kappa shape index (κ2) is 6.34. The summed E-state index contributed by atoms with van der Waals surface area (Å²) < 4.78 is 13.1. The highest BCUT2D eigenvalue weighted by Gasteiger charge is 2.04. The molecule has 0 unspecified atom stereocenters. The van der Waals surface area contributed by atoms with Crippen LogP contribution in [0.4, 0.5) is 21.8 Å². The SMILES string of the molecule is C=CCNc1nc(C)cc(Nc2ccc(F)c(Cl)c2)n1. The van der Waals surface area contributed by atoms with Crippen molar-refractivity contribution in [3.05, 3.63) is 53.5 Å². The number of hydrogen-bond acceptors (Lipinski definition) is 4. The molecule has 1 aromatic heterocycles. The fraction of sp³-hybridized carbons (Fsp3) is 0.143. The van der Waals surface area contributed by atoms with Crippen LogP contribution in [0.25, 0.3) is 0 Å². The largest absolute Gasteiger partial charge is 0.351 e. The van der Waals surface area contributed by atoms with Crippen molar-refractivity contribution in [2.75, 3.05) is 17.2 Å². The van der Waals surface area contributed by atoms with Gasteiger partial charge in [-0.15, -0.1) is 6.58 Å². The molecule has 0 aliphatic heterocycles. The van der Waals surface area contributed by atoms with Gasteiger partial charge < -0.3 is 10.6 Å². The molecule has 0 saturated heterocycles. The van der Waals surface area contributed by atoms with Crippen LogP contribution in [-0.4, -0.2) is 16.5 Å². The number of aromatic nitrogens is 2. The number of hydrogen-bond donors (Lipinski definition) is 2. The van der Waals surface area contributed by atoms with E-state index in [0.29, 0.717) is 24.0 Å². The molecule has 0 saturated carbocycles. The van der Waals surface area contributed by atoms with E-state index in [2.05, 4.69) is 27.2 Å². The lowest BCUT2D eigenvalue weighted by Crippen LogP contribution is -2.06. The Balaban J connectivity index is 2.21. The lowest BCUT2D eigenvalue weighted by Gasteiger charge is -2.09. The molecule has 20 heavy (non-hydrogen) atoms. The van der Waals surface area contributed by atoms with Gasteiger partial charge in [-0.05, 0) is 25.1 Å².